The second-order valence-electron chi connectivity index (χ2n) is 5.48. The number of benzene rings is 2. The summed E-state index contributed by atoms with van der Waals surface area (Å²) in [5.74, 6) is 0.117. The SMILES string of the molecule is Fc1ccc(/C=C/c2nc3ccccc3n2-c2ccccn2)c(F)c1. The highest BCUT2D eigenvalue weighted by molar-refractivity contribution is 5.81. The third-order valence-corrected chi connectivity index (χ3v) is 3.84. The third-order valence-electron chi connectivity index (χ3n) is 3.84. The highest BCUT2D eigenvalue weighted by atomic mass is 19.1. The van der Waals surface area contributed by atoms with Crippen molar-refractivity contribution in [3.05, 3.63) is 89.9 Å². The summed E-state index contributed by atoms with van der Waals surface area (Å²) in [5.41, 5.74) is 2.01. The molecule has 0 bridgehead atoms. The van der Waals surface area contributed by atoms with Gasteiger partial charge in [-0.1, -0.05) is 18.2 Å². The first kappa shape index (κ1) is 15.2. The maximum atomic E-state index is 13.9. The average Bonchev–Trinajstić information content (AvgIpc) is 3.00. The van der Waals surface area contributed by atoms with Crippen LogP contribution in [0.25, 0.3) is 29.0 Å². The van der Waals surface area contributed by atoms with E-state index in [1.54, 1.807) is 18.3 Å². The second-order valence-corrected chi connectivity index (χ2v) is 5.48. The van der Waals surface area contributed by atoms with Crippen LogP contribution < -0.4 is 0 Å². The number of hydrogen-bond donors (Lipinski definition) is 0. The van der Waals surface area contributed by atoms with Gasteiger partial charge in [-0.3, -0.25) is 4.57 Å². The van der Waals surface area contributed by atoms with Crippen molar-refractivity contribution in [2.24, 2.45) is 0 Å². The van der Waals surface area contributed by atoms with Gasteiger partial charge in [-0.15, -0.1) is 0 Å². The molecule has 0 aliphatic heterocycles. The molecule has 0 saturated heterocycles. The first-order valence-electron chi connectivity index (χ1n) is 7.74. The largest absolute Gasteiger partial charge is 0.277 e. The van der Waals surface area contributed by atoms with E-state index < -0.39 is 11.6 Å². The van der Waals surface area contributed by atoms with E-state index in [2.05, 4.69) is 9.97 Å². The Bertz CT molecular complexity index is 1070. The van der Waals surface area contributed by atoms with Gasteiger partial charge in [0.2, 0.25) is 0 Å². The van der Waals surface area contributed by atoms with Gasteiger partial charge in [-0.05, 0) is 48.6 Å². The lowest BCUT2D eigenvalue weighted by Crippen LogP contribution is -1.99. The van der Waals surface area contributed by atoms with Gasteiger partial charge in [0.25, 0.3) is 0 Å². The highest BCUT2D eigenvalue weighted by Crippen LogP contribution is 2.22. The van der Waals surface area contributed by atoms with Crippen LogP contribution in [0.5, 0.6) is 0 Å². The van der Waals surface area contributed by atoms with E-state index in [4.69, 9.17) is 0 Å². The summed E-state index contributed by atoms with van der Waals surface area (Å²) < 4.78 is 28.8. The topological polar surface area (TPSA) is 30.7 Å². The van der Waals surface area contributed by atoms with E-state index in [1.165, 1.54) is 12.1 Å². The molecule has 2 aromatic heterocycles. The summed E-state index contributed by atoms with van der Waals surface area (Å²) in [5, 5.41) is 0. The molecule has 0 aliphatic carbocycles. The van der Waals surface area contributed by atoms with Crippen molar-refractivity contribution in [1.29, 1.82) is 0 Å². The lowest BCUT2D eigenvalue weighted by Gasteiger charge is -2.05. The number of rotatable bonds is 3. The molecule has 0 atom stereocenters. The molecule has 0 radical (unpaired) electrons. The molecular formula is C20H13F2N3. The minimum Gasteiger partial charge on any atom is -0.277 e. The fourth-order valence-corrected chi connectivity index (χ4v) is 2.68. The number of aromatic nitrogens is 3. The van der Waals surface area contributed by atoms with Crippen molar-refractivity contribution < 1.29 is 8.78 Å². The molecule has 0 fully saturated rings. The summed E-state index contributed by atoms with van der Waals surface area (Å²) in [6.45, 7) is 0. The van der Waals surface area contributed by atoms with E-state index in [-0.39, 0.29) is 0 Å². The van der Waals surface area contributed by atoms with Crippen LogP contribution in [0.15, 0.2) is 66.9 Å². The predicted octanol–water partition coefficient (Wildman–Crippen LogP) is 4.87. The summed E-state index contributed by atoms with van der Waals surface area (Å²) >= 11 is 0. The Balaban J connectivity index is 1.85. The van der Waals surface area contributed by atoms with Gasteiger partial charge in [-0.2, -0.15) is 0 Å². The minimum absolute atomic E-state index is 0.293. The molecule has 0 unspecified atom stereocenters. The van der Waals surface area contributed by atoms with Crippen LogP contribution in [-0.2, 0) is 0 Å². The number of nitrogens with zero attached hydrogens (tertiary/aromatic N) is 3. The molecular weight excluding hydrogens is 320 g/mol. The molecule has 2 aromatic carbocycles. The van der Waals surface area contributed by atoms with E-state index in [0.29, 0.717) is 11.4 Å². The molecule has 122 valence electrons. The third kappa shape index (κ3) is 2.92. The molecule has 4 aromatic rings. The van der Waals surface area contributed by atoms with Gasteiger partial charge < -0.3 is 0 Å². The number of pyridine rings is 1. The van der Waals surface area contributed by atoms with Crippen molar-refractivity contribution in [1.82, 2.24) is 14.5 Å². The number of imidazole rings is 1. The maximum absolute atomic E-state index is 13.9. The summed E-state index contributed by atoms with van der Waals surface area (Å²) in [7, 11) is 0. The Morgan fingerprint density at radius 2 is 1.72 bits per heavy atom. The first-order chi connectivity index (χ1) is 12.2. The smallest absolute Gasteiger partial charge is 0.139 e. The fraction of sp³-hybridized carbons (Fsp3) is 0. The number of halogens is 2. The fourth-order valence-electron chi connectivity index (χ4n) is 2.68. The normalized spacial score (nSPS) is 11.4. The molecule has 0 saturated carbocycles. The predicted molar refractivity (Wildman–Crippen MR) is 94.2 cm³/mol. The highest BCUT2D eigenvalue weighted by Gasteiger charge is 2.11. The zero-order chi connectivity index (χ0) is 17.2. The van der Waals surface area contributed by atoms with Gasteiger partial charge in [0.15, 0.2) is 0 Å². The zero-order valence-electron chi connectivity index (χ0n) is 13.1. The van der Waals surface area contributed by atoms with Gasteiger partial charge in [0.05, 0.1) is 11.0 Å². The summed E-state index contributed by atoms with van der Waals surface area (Å²) in [4.78, 5) is 8.97. The zero-order valence-corrected chi connectivity index (χ0v) is 13.1. The lowest BCUT2D eigenvalue weighted by atomic mass is 10.2. The van der Waals surface area contributed by atoms with Crippen molar-refractivity contribution in [3.8, 4) is 5.82 Å². The van der Waals surface area contributed by atoms with Crippen molar-refractivity contribution >= 4 is 23.2 Å². The molecule has 2 heterocycles. The van der Waals surface area contributed by atoms with Crippen LogP contribution in [0, 0.1) is 11.6 Å². The van der Waals surface area contributed by atoms with Crippen molar-refractivity contribution in [2.75, 3.05) is 0 Å². The maximum Gasteiger partial charge on any atom is 0.139 e. The Morgan fingerprint density at radius 3 is 2.52 bits per heavy atom. The number of hydrogen-bond acceptors (Lipinski definition) is 2. The molecule has 5 heteroatoms. The monoisotopic (exact) mass is 333 g/mol. The van der Waals surface area contributed by atoms with Crippen LogP contribution in [0.4, 0.5) is 8.78 Å². The Labute approximate surface area is 142 Å². The van der Waals surface area contributed by atoms with Crippen LogP contribution in [0.3, 0.4) is 0 Å². The van der Waals surface area contributed by atoms with Gasteiger partial charge >= 0.3 is 0 Å². The molecule has 3 nitrogen and oxygen atoms in total. The molecule has 0 N–H and O–H groups in total. The van der Waals surface area contributed by atoms with Crippen molar-refractivity contribution in [2.45, 2.75) is 0 Å². The average molecular weight is 333 g/mol. The molecule has 0 aliphatic rings. The number of para-hydroxylation sites is 2. The Morgan fingerprint density at radius 1 is 0.880 bits per heavy atom. The first-order valence-corrected chi connectivity index (χ1v) is 7.74. The van der Waals surface area contributed by atoms with Crippen LogP contribution in [0.1, 0.15) is 11.4 Å². The van der Waals surface area contributed by atoms with E-state index >= 15 is 0 Å². The summed E-state index contributed by atoms with van der Waals surface area (Å²) in [6.07, 6.45) is 4.98. The molecule has 0 spiro atoms. The Kier molecular flexibility index (Phi) is 3.82. The number of fused-ring (bicyclic) bond motifs is 1. The van der Waals surface area contributed by atoms with E-state index in [1.807, 2.05) is 47.0 Å². The standard InChI is InChI=1S/C20H13F2N3/c21-15-10-8-14(16(22)13-15)9-11-20-24-17-5-1-2-6-18(17)25(20)19-7-3-4-12-23-19/h1-13H/b11-9+. The van der Waals surface area contributed by atoms with Crippen LogP contribution >= 0.6 is 0 Å². The van der Waals surface area contributed by atoms with Gasteiger partial charge in [0.1, 0.15) is 23.3 Å². The van der Waals surface area contributed by atoms with Gasteiger partial charge in [-0.25, -0.2) is 18.7 Å². The summed E-state index contributed by atoms with van der Waals surface area (Å²) in [6, 6.07) is 16.8. The van der Waals surface area contributed by atoms with Crippen LogP contribution in [-0.4, -0.2) is 14.5 Å². The Hall–Kier alpha value is -3.34. The minimum atomic E-state index is -0.614. The van der Waals surface area contributed by atoms with Gasteiger partial charge in [0, 0.05) is 17.8 Å². The quantitative estimate of drug-likeness (QED) is 0.535. The van der Waals surface area contributed by atoms with Crippen molar-refractivity contribution in [3.63, 3.8) is 0 Å². The van der Waals surface area contributed by atoms with Crippen LogP contribution in [0.2, 0.25) is 0 Å². The van der Waals surface area contributed by atoms with E-state index in [0.717, 1.165) is 22.9 Å². The van der Waals surface area contributed by atoms with E-state index in [9.17, 15) is 8.78 Å². The second kappa shape index (κ2) is 6.28. The lowest BCUT2D eigenvalue weighted by molar-refractivity contribution is 0.581. The molecule has 0 amide bonds. The molecule has 25 heavy (non-hydrogen) atoms. The molecule has 4 rings (SSSR count).